The minimum Gasteiger partial charge on any atom is -0.364 e. The summed E-state index contributed by atoms with van der Waals surface area (Å²) in [7, 11) is 2.10. The van der Waals surface area contributed by atoms with Crippen molar-refractivity contribution in [2.24, 2.45) is 0 Å². The molecule has 0 amide bonds. The predicted molar refractivity (Wildman–Crippen MR) is 102 cm³/mol. The summed E-state index contributed by atoms with van der Waals surface area (Å²) in [6.45, 7) is 2.02. The molecule has 5 nitrogen and oxygen atoms in total. The molecule has 0 aliphatic carbocycles. The van der Waals surface area contributed by atoms with Gasteiger partial charge in [0, 0.05) is 35.1 Å². The van der Waals surface area contributed by atoms with E-state index in [1.54, 1.807) is 0 Å². The first-order valence-electron chi connectivity index (χ1n) is 9.16. The molecule has 0 saturated carbocycles. The highest BCUT2D eigenvalue weighted by molar-refractivity contribution is 5.99. The minimum atomic E-state index is -4.47. The van der Waals surface area contributed by atoms with Crippen LogP contribution in [-0.4, -0.2) is 46.3 Å². The fourth-order valence-corrected chi connectivity index (χ4v) is 3.60. The standard InChI is InChI=1S/C20H20F3N5/c1-28-10-4-5-14(12-28)25-19-16-7-3-2-6-15(16)18(26-27-19)13-8-9-17(24-11-13)20(21,22)23/h2-3,6-9,11,14H,4-5,10,12H2,1H3,(H,25,27)/t14-/m1/s1. The van der Waals surface area contributed by atoms with Crippen molar-refractivity contribution in [2.75, 3.05) is 25.5 Å². The van der Waals surface area contributed by atoms with Gasteiger partial charge < -0.3 is 10.2 Å². The van der Waals surface area contributed by atoms with Crippen LogP contribution in [0.5, 0.6) is 0 Å². The fourth-order valence-electron chi connectivity index (χ4n) is 3.60. The zero-order valence-corrected chi connectivity index (χ0v) is 15.4. The van der Waals surface area contributed by atoms with Gasteiger partial charge in [-0.25, -0.2) is 0 Å². The third-order valence-corrected chi connectivity index (χ3v) is 4.98. The lowest BCUT2D eigenvalue weighted by atomic mass is 10.0. The highest BCUT2D eigenvalue weighted by atomic mass is 19.4. The number of aromatic nitrogens is 3. The number of likely N-dealkylation sites (N-methyl/N-ethyl adjacent to an activating group) is 1. The number of likely N-dealkylation sites (tertiary alicyclic amines) is 1. The number of piperidine rings is 1. The fraction of sp³-hybridized carbons (Fsp3) is 0.350. The van der Waals surface area contributed by atoms with Crippen molar-refractivity contribution in [3.05, 3.63) is 48.3 Å². The summed E-state index contributed by atoms with van der Waals surface area (Å²) in [5.41, 5.74) is 0.0945. The highest BCUT2D eigenvalue weighted by Crippen LogP contribution is 2.32. The van der Waals surface area contributed by atoms with E-state index in [2.05, 4.69) is 32.4 Å². The number of nitrogens with one attached hydrogen (secondary N) is 1. The third-order valence-electron chi connectivity index (χ3n) is 4.98. The topological polar surface area (TPSA) is 53.9 Å². The molecule has 3 heterocycles. The summed E-state index contributed by atoms with van der Waals surface area (Å²) < 4.78 is 38.3. The Hall–Kier alpha value is -2.74. The zero-order valence-electron chi connectivity index (χ0n) is 15.4. The van der Waals surface area contributed by atoms with Gasteiger partial charge in [-0.2, -0.15) is 13.2 Å². The van der Waals surface area contributed by atoms with Crippen LogP contribution in [0.3, 0.4) is 0 Å². The Balaban J connectivity index is 1.69. The largest absolute Gasteiger partial charge is 0.433 e. The van der Waals surface area contributed by atoms with E-state index in [9.17, 15) is 13.2 Å². The Bertz CT molecular complexity index is 972. The molecule has 4 rings (SSSR count). The van der Waals surface area contributed by atoms with Crippen LogP contribution in [0, 0.1) is 0 Å². The lowest BCUT2D eigenvalue weighted by Gasteiger charge is -2.30. The highest BCUT2D eigenvalue weighted by Gasteiger charge is 2.32. The first-order valence-corrected chi connectivity index (χ1v) is 9.16. The van der Waals surface area contributed by atoms with Gasteiger partial charge in [-0.1, -0.05) is 24.3 Å². The Labute approximate surface area is 160 Å². The van der Waals surface area contributed by atoms with E-state index in [4.69, 9.17) is 0 Å². The first kappa shape index (κ1) is 18.6. The predicted octanol–water partition coefficient (Wildman–Crippen LogP) is 4.22. The van der Waals surface area contributed by atoms with Crippen LogP contribution in [0.1, 0.15) is 18.5 Å². The Morgan fingerprint density at radius 3 is 2.54 bits per heavy atom. The molecule has 3 aromatic rings. The van der Waals surface area contributed by atoms with Crippen LogP contribution in [0.4, 0.5) is 19.0 Å². The van der Waals surface area contributed by atoms with E-state index < -0.39 is 11.9 Å². The number of hydrogen-bond acceptors (Lipinski definition) is 5. The number of anilines is 1. The molecule has 0 spiro atoms. The van der Waals surface area contributed by atoms with E-state index in [-0.39, 0.29) is 6.04 Å². The van der Waals surface area contributed by atoms with Gasteiger partial charge in [0.25, 0.3) is 0 Å². The quantitative estimate of drug-likeness (QED) is 0.729. The van der Waals surface area contributed by atoms with Crippen molar-refractivity contribution in [1.29, 1.82) is 0 Å². The van der Waals surface area contributed by atoms with E-state index >= 15 is 0 Å². The zero-order chi connectivity index (χ0) is 19.7. The third kappa shape index (κ3) is 3.77. The van der Waals surface area contributed by atoms with Crippen LogP contribution in [-0.2, 0) is 6.18 Å². The number of nitrogens with zero attached hydrogens (tertiary/aromatic N) is 4. The number of pyridine rings is 1. The number of hydrogen-bond donors (Lipinski definition) is 1. The Morgan fingerprint density at radius 2 is 1.86 bits per heavy atom. The summed E-state index contributed by atoms with van der Waals surface area (Å²) >= 11 is 0. The SMILES string of the molecule is CN1CCC[C@@H](Nc2nnc(-c3ccc(C(F)(F)F)nc3)c3ccccc23)C1. The molecule has 1 atom stereocenters. The van der Waals surface area contributed by atoms with Crippen molar-refractivity contribution in [1.82, 2.24) is 20.1 Å². The molecule has 1 aliphatic heterocycles. The second-order valence-corrected chi connectivity index (χ2v) is 7.12. The van der Waals surface area contributed by atoms with Crippen LogP contribution < -0.4 is 5.32 Å². The maximum Gasteiger partial charge on any atom is 0.433 e. The molecule has 28 heavy (non-hydrogen) atoms. The second kappa shape index (κ2) is 7.35. The molecule has 1 N–H and O–H groups in total. The van der Waals surface area contributed by atoms with Gasteiger partial charge in [0.05, 0.1) is 0 Å². The van der Waals surface area contributed by atoms with Gasteiger partial charge in [0.1, 0.15) is 11.4 Å². The molecule has 2 aromatic heterocycles. The van der Waals surface area contributed by atoms with Gasteiger partial charge in [-0.05, 0) is 38.6 Å². The van der Waals surface area contributed by atoms with Crippen molar-refractivity contribution >= 4 is 16.6 Å². The molecule has 1 aliphatic rings. The van der Waals surface area contributed by atoms with Gasteiger partial charge in [0.15, 0.2) is 5.82 Å². The minimum absolute atomic E-state index is 0.287. The average Bonchev–Trinajstić information content (AvgIpc) is 2.68. The molecule has 146 valence electrons. The number of fused-ring (bicyclic) bond motifs is 1. The average molecular weight is 387 g/mol. The lowest BCUT2D eigenvalue weighted by molar-refractivity contribution is -0.141. The molecule has 0 bridgehead atoms. The number of benzene rings is 1. The first-order chi connectivity index (χ1) is 13.4. The van der Waals surface area contributed by atoms with Crippen molar-refractivity contribution in [2.45, 2.75) is 25.1 Å². The molecule has 1 fully saturated rings. The Morgan fingerprint density at radius 1 is 1.07 bits per heavy atom. The van der Waals surface area contributed by atoms with E-state index in [0.717, 1.165) is 42.8 Å². The van der Waals surface area contributed by atoms with Crippen LogP contribution >= 0.6 is 0 Å². The maximum atomic E-state index is 12.8. The summed E-state index contributed by atoms with van der Waals surface area (Å²) in [5.74, 6) is 0.694. The molecule has 0 unspecified atom stereocenters. The number of alkyl halides is 3. The summed E-state index contributed by atoms with van der Waals surface area (Å²) in [6.07, 6.45) is -1.09. The molecular formula is C20H20F3N5. The molecule has 1 aromatic carbocycles. The van der Waals surface area contributed by atoms with Gasteiger partial charge in [0.2, 0.25) is 0 Å². The summed E-state index contributed by atoms with van der Waals surface area (Å²) in [6, 6.07) is 10.3. The van der Waals surface area contributed by atoms with E-state index in [1.807, 2.05) is 24.3 Å². The van der Waals surface area contributed by atoms with Gasteiger partial charge in [-0.3, -0.25) is 4.98 Å². The van der Waals surface area contributed by atoms with Crippen molar-refractivity contribution in [3.8, 4) is 11.3 Å². The molecule has 8 heteroatoms. The maximum absolute atomic E-state index is 12.8. The molecule has 1 saturated heterocycles. The van der Waals surface area contributed by atoms with Crippen LogP contribution in [0.15, 0.2) is 42.6 Å². The van der Waals surface area contributed by atoms with Gasteiger partial charge in [-0.15, -0.1) is 10.2 Å². The second-order valence-electron chi connectivity index (χ2n) is 7.12. The van der Waals surface area contributed by atoms with E-state index in [0.29, 0.717) is 17.1 Å². The van der Waals surface area contributed by atoms with Crippen LogP contribution in [0.25, 0.3) is 22.0 Å². The van der Waals surface area contributed by atoms with Gasteiger partial charge >= 0.3 is 6.18 Å². The normalized spacial score (nSPS) is 18.4. The van der Waals surface area contributed by atoms with Crippen LogP contribution in [0.2, 0.25) is 0 Å². The summed E-state index contributed by atoms with van der Waals surface area (Å²) in [4.78, 5) is 5.82. The molecule has 0 radical (unpaired) electrons. The monoisotopic (exact) mass is 387 g/mol. The number of halogens is 3. The smallest absolute Gasteiger partial charge is 0.364 e. The van der Waals surface area contributed by atoms with E-state index in [1.165, 1.54) is 12.3 Å². The molecular weight excluding hydrogens is 367 g/mol. The number of rotatable bonds is 3. The lowest BCUT2D eigenvalue weighted by Crippen LogP contribution is -2.40. The van der Waals surface area contributed by atoms with Crippen molar-refractivity contribution < 1.29 is 13.2 Å². The Kier molecular flexibility index (Phi) is 4.89. The van der Waals surface area contributed by atoms with Crippen molar-refractivity contribution in [3.63, 3.8) is 0 Å². The summed E-state index contributed by atoms with van der Waals surface area (Å²) in [5, 5.41) is 13.8.